The number of nitrogens with zero attached hydrogens (tertiary/aromatic N) is 4. The first-order valence-corrected chi connectivity index (χ1v) is 14.5. The van der Waals surface area contributed by atoms with Crippen molar-refractivity contribution in [2.75, 3.05) is 5.01 Å². The second kappa shape index (κ2) is 11.7. The molecule has 5 nitrogen and oxygen atoms in total. The van der Waals surface area contributed by atoms with Crippen LogP contribution in [0.1, 0.15) is 40.3 Å². The van der Waals surface area contributed by atoms with Crippen LogP contribution in [0, 0.1) is 6.92 Å². The van der Waals surface area contributed by atoms with Crippen molar-refractivity contribution in [3.05, 3.63) is 161 Å². The van der Waals surface area contributed by atoms with E-state index in [1.165, 1.54) is 16.7 Å². The Hall–Kier alpha value is -5.55. The highest BCUT2D eigenvalue weighted by molar-refractivity contribution is 6.03. The molecule has 0 fully saturated rings. The minimum absolute atomic E-state index is 0.156. The molecule has 0 amide bonds. The van der Waals surface area contributed by atoms with Crippen molar-refractivity contribution in [2.24, 2.45) is 5.10 Å². The monoisotopic (exact) mass is 558 g/mol. The molecule has 1 atom stereocenters. The molecule has 1 aliphatic heterocycles. The Bertz CT molecular complexity index is 1870. The molecule has 6 aromatic rings. The molecule has 208 valence electrons. The van der Waals surface area contributed by atoms with Gasteiger partial charge in [0.1, 0.15) is 0 Å². The first-order valence-electron chi connectivity index (χ1n) is 14.5. The van der Waals surface area contributed by atoms with E-state index in [0.717, 1.165) is 40.1 Å². The number of anilines is 1. The van der Waals surface area contributed by atoms with Crippen LogP contribution in [0.15, 0.2) is 143 Å². The molecular weight excluding hydrogens is 528 g/mol. The molecule has 1 aliphatic rings. The number of benzene rings is 5. The Kier molecular flexibility index (Phi) is 7.20. The van der Waals surface area contributed by atoms with Crippen LogP contribution in [0.3, 0.4) is 0 Å². The second-order valence-electron chi connectivity index (χ2n) is 10.7. The van der Waals surface area contributed by atoms with Gasteiger partial charge in [0.15, 0.2) is 0 Å². The highest BCUT2D eigenvalue weighted by Gasteiger charge is 2.29. The number of rotatable bonds is 7. The van der Waals surface area contributed by atoms with Gasteiger partial charge in [0, 0.05) is 17.5 Å². The van der Waals surface area contributed by atoms with Crippen molar-refractivity contribution >= 4 is 23.6 Å². The summed E-state index contributed by atoms with van der Waals surface area (Å²) in [7, 11) is 0. The lowest BCUT2D eigenvalue weighted by molar-refractivity contribution is 0.584. The van der Waals surface area contributed by atoms with E-state index in [4.69, 9.17) is 9.52 Å². The van der Waals surface area contributed by atoms with Gasteiger partial charge >= 0.3 is 0 Å². The van der Waals surface area contributed by atoms with E-state index in [1.807, 2.05) is 42.5 Å². The Labute approximate surface area is 251 Å². The van der Waals surface area contributed by atoms with Crippen molar-refractivity contribution < 1.29 is 4.42 Å². The highest BCUT2D eigenvalue weighted by atomic mass is 16.4. The zero-order valence-electron chi connectivity index (χ0n) is 23.8. The fourth-order valence-electron chi connectivity index (χ4n) is 5.31. The number of hydrogen-bond acceptors (Lipinski definition) is 5. The van der Waals surface area contributed by atoms with Gasteiger partial charge in [-0.3, -0.25) is 5.01 Å². The lowest BCUT2D eigenvalue weighted by Gasteiger charge is -2.24. The van der Waals surface area contributed by atoms with Gasteiger partial charge in [0.2, 0.25) is 11.8 Å². The summed E-state index contributed by atoms with van der Waals surface area (Å²) in [6.45, 7) is 2.06. The average Bonchev–Trinajstić information content (AvgIpc) is 3.75. The molecule has 0 unspecified atom stereocenters. The molecule has 0 spiro atoms. The van der Waals surface area contributed by atoms with E-state index in [0.29, 0.717) is 11.8 Å². The minimum Gasteiger partial charge on any atom is -0.416 e. The third kappa shape index (κ3) is 5.79. The minimum atomic E-state index is 0.156. The first kappa shape index (κ1) is 26.4. The molecule has 1 aromatic heterocycles. The quantitative estimate of drug-likeness (QED) is 0.183. The largest absolute Gasteiger partial charge is 0.416 e. The summed E-state index contributed by atoms with van der Waals surface area (Å²) >= 11 is 0. The van der Waals surface area contributed by atoms with Crippen molar-refractivity contribution in [2.45, 2.75) is 19.4 Å². The molecule has 43 heavy (non-hydrogen) atoms. The Morgan fingerprint density at radius 3 is 1.74 bits per heavy atom. The van der Waals surface area contributed by atoms with Crippen LogP contribution in [-0.4, -0.2) is 15.9 Å². The Morgan fingerprint density at radius 2 is 1.14 bits per heavy atom. The third-order valence-corrected chi connectivity index (χ3v) is 7.71. The van der Waals surface area contributed by atoms with Gasteiger partial charge in [-0.2, -0.15) is 5.10 Å². The molecule has 0 N–H and O–H groups in total. The molecule has 5 heteroatoms. The second-order valence-corrected chi connectivity index (χ2v) is 10.7. The summed E-state index contributed by atoms with van der Waals surface area (Å²) in [5.74, 6) is 1.03. The summed E-state index contributed by atoms with van der Waals surface area (Å²) in [4.78, 5) is 0. The SMILES string of the molecule is Cc1ccc(-c2nnc(-c3ccc(/C=C/c4ccc(N5N=C(c6ccccc6)C[C@@H]5c5ccccc5)cc4)cc3)o2)cc1. The van der Waals surface area contributed by atoms with Crippen LogP contribution in [0.4, 0.5) is 5.69 Å². The molecule has 5 aromatic carbocycles. The van der Waals surface area contributed by atoms with E-state index in [-0.39, 0.29) is 6.04 Å². The number of hydrazone groups is 1. The maximum Gasteiger partial charge on any atom is 0.248 e. The molecule has 7 rings (SSSR count). The lowest BCUT2D eigenvalue weighted by atomic mass is 9.98. The topological polar surface area (TPSA) is 54.5 Å². The first-order chi connectivity index (χ1) is 21.2. The summed E-state index contributed by atoms with van der Waals surface area (Å²) in [5, 5.41) is 15.7. The normalized spacial score (nSPS) is 14.8. The zero-order valence-corrected chi connectivity index (χ0v) is 23.8. The number of aryl methyl sites for hydroxylation is 1. The van der Waals surface area contributed by atoms with Crippen LogP contribution in [-0.2, 0) is 0 Å². The Morgan fingerprint density at radius 1 is 0.605 bits per heavy atom. The van der Waals surface area contributed by atoms with Crippen LogP contribution >= 0.6 is 0 Å². The van der Waals surface area contributed by atoms with E-state index in [9.17, 15) is 0 Å². The van der Waals surface area contributed by atoms with Gasteiger partial charge in [0.05, 0.1) is 17.4 Å². The Balaban J connectivity index is 1.06. The molecule has 2 heterocycles. The standard InChI is InChI=1S/C38H30N4O/c1-27-12-20-32(21-13-27)37-39-40-38(43-37)33-22-16-28(17-23-33)14-15-29-18-24-34(25-19-29)42-36(31-10-6-3-7-11-31)26-35(41-42)30-8-4-2-5-9-30/h2-25,36H,26H2,1H3/b15-14+/t36-/m1/s1. The van der Waals surface area contributed by atoms with Gasteiger partial charge < -0.3 is 4.42 Å². The number of aromatic nitrogens is 2. The maximum atomic E-state index is 5.93. The lowest BCUT2D eigenvalue weighted by Crippen LogP contribution is -2.18. The third-order valence-electron chi connectivity index (χ3n) is 7.71. The van der Waals surface area contributed by atoms with E-state index >= 15 is 0 Å². The van der Waals surface area contributed by atoms with Crippen molar-refractivity contribution in [1.29, 1.82) is 0 Å². The summed E-state index contributed by atoms with van der Waals surface area (Å²) in [5.41, 5.74) is 9.82. The van der Waals surface area contributed by atoms with Crippen LogP contribution < -0.4 is 5.01 Å². The summed E-state index contributed by atoms with van der Waals surface area (Å²) in [6.07, 6.45) is 5.10. The van der Waals surface area contributed by atoms with Crippen LogP contribution in [0.2, 0.25) is 0 Å². The van der Waals surface area contributed by atoms with Crippen LogP contribution in [0.25, 0.3) is 35.1 Å². The average molecular weight is 559 g/mol. The summed E-state index contributed by atoms with van der Waals surface area (Å²) < 4.78 is 5.93. The molecule has 0 saturated heterocycles. The predicted molar refractivity (Wildman–Crippen MR) is 175 cm³/mol. The van der Waals surface area contributed by atoms with Crippen LogP contribution in [0.5, 0.6) is 0 Å². The molecule has 0 bridgehead atoms. The zero-order chi connectivity index (χ0) is 29.0. The van der Waals surface area contributed by atoms with E-state index < -0.39 is 0 Å². The highest BCUT2D eigenvalue weighted by Crippen LogP contribution is 2.37. The van der Waals surface area contributed by atoms with Crippen molar-refractivity contribution in [3.8, 4) is 22.9 Å². The van der Waals surface area contributed by atoms with Gasteiger partial charge in [-0.15, -0.1) is 10.2 Å². The number of hydrogen-bond donors (Lipinski definition) is 0. The van der Waals surface area contributed by atoms with Gasteiger partial charge in [-0.1, -0.05) is 115 Å². The van der Waals surface area contributed by atoms with E-state index in [2.05, 4.69) is 125 Å². The smallest absolute Gasteiger partial charge is 0.248 e. The predicted octanol–water partition coefficient (Wildman–Crippen LogP) is 9.24. The molecule has 0 saturated carbocycles. The fourth-order valence-corrected chi connectivity index (χ4v) is 5.31. The van der Waals surface area contributed by atoms with Gasteiger partial charge in [0.25, 0.3) is 0 Å². The molecule has 0 aliphatic carbocycles. The van der Waals surface area contributed by atoms with Crippen molar-refractivity contribution in [1.82, 2.24) is 10.2 Å². The summed E-state index contributed by atoms with van der Waals surface area (Å²) in [6, 6.07) is 46.0. The molecule has 0 radical (unpaired) electrons. The fraction of sp³-hybridized carbons (Fsp3) is 0.0789. The van der Waals surface area contributed by atoms with E-state index in [1.54, 1.807) is 0 Å². The van der Waals surface area contributed by atoms with Gasteiger partial charge in [-0.05, 0) is 65.6 Å². The molecular formula is C38H30N4O. The van der Waals surface area contributed by atoms with Gasteiger partial charge in [-0.25, -0.2) is 0 Å². The van der Waals surface area contributed by atoms with Crippen molar-refractivity contribution in [3.63, 3.8) is 0 Å². The maximum absolute atomic E-state index is 5.93.